The van der Waals surface area contributed by atoms with Crippen molar-refractivity contribution in [3.05, 3.63) is 0 Å². The van der Waals surface area contributed by atoms with Crippen LogP contribution in [0.2, 0.25) is 0 Å². The molecule has 2 heteroatoms. The van der Waals surface area contributed by atoms with Crippen LogP contribution in [0.5, 0.6) is 0 Å². The molecule has 34 heavy (non-hydrogen) atoms. The van der Waals surface area contributed by atoms with Gasteiger partial charge in [0.2, 0.25) is 0 Å². The van der Waals surface area contributed by atoms with E-state index in [1.54, 1.807) is 0 Å². The van der Waals surface area contributed by atoms with E-state index < -0.39 is 0 Å². The van der Waals surface area contributed by atoms with E-state index in [-0.39, 0.29) is 0 Å². The van der Waals surface area contributed by atoms with Gasteiger partial charge < -0.3 is 0 Å². The standard InChI is InChI=1S/2C16H34S/c1-15(2)11-7-5-9-13-17-14-10-6-8-12-16(3)4;1-3-5-7-9-11-13-15-17-16-14-12-10-8-6-4-2/h15-16H,5-14H2,1-4H3;3-16H2,1-2H3. The highest BCUT2D eigenvalue weighted by Crippen LogP contribution is 2.15. The molecule has 0 saturated heterocycles. The van der Waals surface area contributed by atoms with Crippen LogP contribution in [0, 0.1) is 11.8 Å². The van der Waals surface area contributed by atoms with E-state index in [0.717, 1.165) is 11.8 Å². The molecule has 0 aromatic heterocycles. The molecule has 0 spiro atoms. The largest absolute Gasteiger partial charge is 0.162 e. The lowest BCUT2D eigenvalue weighted by atomic mass is 10.1. The van der Waals surface area contributed by atoms with Crippen LogP contribution in [0.15, 0.2) is 0 Å². The van der Waals surface area contributed by atoms with E-state index in [9.17, 15) is 0 Å². The van der Waals surface area contributed by atoms with E-state index in [1.807, 2.05) is 0 Å². The summed E-state index contributed by atoms with van der Waals surface area (Å²) in [6.45, 7) is 13.9. The van der Waals surface area contributed by atoms with Crippen molar-refractivity contribution in [2.45, 2.75) is 170 Å². The molecule has 0 bridgehead atoms. The van der Waals surface area contributed by atoms with Crippen LogP contribution in [0.4, 0.5) is 0 Å². The van der Waals surface area contributed by atoms with Crippen molar-refractivity contribution in [3.63, 3.8) is 0 Å². The quantitative estimate of drug-likeness (QED) is 0.105. The normalized spacial score (nSPS) is 11.3. The van der Waals surface area contributed by atoms with Gasteiger partial charge in [-0.2, -0.15) is 23.5 Å². The summed E-state index contributed by atoms with van der Waals surface area (Å²) in [4.78, 5) is 0. The molecule has 0 heterocycles. The van der Waals surface area contributed by atoms with Gasteiger partial charge in [-0.1, -0.05) is 144 Å². The second kappa shape index (κ2) is 33.7. The number of thioether (sulfide) groups is 2. The minimum Gasteiger partial charge on any atom is -0.162 e. The Morgan fingerprint density at radius 3 is 0.912 bits per heavy atom. The van der Waals surface area contributed by atoms with Crippen LogP contribution < -0.4 is 0 Å². The maximum atomic E-state index is 2.33. The highest BCUT2D eigenvalue weighted by molar-refractivity contribution is 7.99. The summed E-state index contributed by atoms with van der Waals surface area (Å²) in [5, 5.41) is 0. The zero-order chi connectivity index (χ0) is 25.5. The topological polar surface area (TPSA) is 0 Å². The van der Waals surface area contributed by atoms with Crippen LogP contribution >= 0.6 is 23.5 Å². The second-order valence-electron chi connectivity index (χ2n) is 11.2. The Kier molecular flexibility index (Phi) is 36.5. The van der Waals surface area contributed by atoms with Crippen LogP contribution in [0.1, 0.15) is 170 Å². The monoisotopic (exact) mass is 516 g/mol. The summed E-state index contributed by atoms with van der Waals surface area (Å²) in [5.41, 5.74) is 0. The zero-order valence-corrected chi connectivity index (χ0v) is 26.6. The second-order valence-corrected chi connectivity index (χ2v) is 13.7. The van der Waals surface area contributed by atoms with Gasteiger partial charge in [-0.15, -0.1) is 0 Å². The fourth-order valence-corrected chi connectivity index (χ4v) is 6.08. The van der Waals surface area contributed by atoms with Crippen molar-refractivity contribution in [1.82, 2.24) is 0 Å². The van der Waals surface area contributed by atoms with E-state index in [1.165, 1.54) is 151 Å². The first-order valence-electron chi connectivity index (χ1n) is 15.7. The molecule has 0 aliphatic carbocycles. The van der Waals surface area contributed by atoms with Crippen molar-refractivity contribution in [1.29, 1.82) is 0 Å². The van der Waals surface area contributed by atoms with Gasteiger partial charge in [-0.05, 0) is 60.5 Å². The van der Waals surface area contributed by atoms with Crippen molar-refractivity contribution in [3.8, 4) is 0 Å². The Morgan fingerprint density at radius 2 is 0.618 bits per heavy atom. The highest BCUT2D eigenvalue weighted by Gasteiger charge is 1.97. The maximum absolute atomic E-state index is 2.33. The zero-order valence-electron chi connectivity index (χ0n) is 24.9. The minimum atomic E-state index is 0.892. The summed E-state index contributed by atoms with van der Waals surface area (Å²) in [7, 11) is 0. The molecule has 0 N–H and O–H groups in total. The minimum absolute atomic E-state index is 0.892. The van der Waals surface area contributed by atoms with Gasteiger partial charge in [0.05, 0.1) is 0 Å². The van der Waals surface area contributed by atoms with Crippen molar-refractivity contribution < 1.29 is 0 Å². The lowest BCUT2D eigenvalue weighted by Crippen LogP contribution is -1.90. The van der Waals surface area contributed by atoms with Crippen LogP contribution in [0.3, 0.4) is 0 Å². The van der Waals surface area contributed by atoms with Gasteiger partial charge >= 0.3 is 0 Å². The molecule has 0 nitrogen and oxygen atoms in total. The molecule has 0 aromatic carbocycles. The number of rotatable bonds is 26. The van der Waals surface area contributed by atoms with Crippen molar-refractivity contribution >= 4 is 23.5 Å². The first-order chi connectivity index (χ1) is 16.5. The fraction of sp³-hybridized carbons (Fsp3) is 1.00. The van der Waals surface area contributed by atoms with Crippen LogP contribution in [-0.4, -0.2) is 23.0 Å². The van der Waals surface area contributed by atoms with E-state index in [4.69, 9.17) is 0 Å². The molecule has 0 fully saturated rings. The molecule has 208 valence electrons. The Hall–Kier alpha value is 0.700. The van der Waals surface area contributed by atoms with Gasteiger partial charge in [0, 0.05) is 0 Å². The van der Waals surface area contributed by atoms with Crippen LogP contribution in [-0.2, 0) is 0 Å². The third-order valence-corrected chi connectivity index (χ3v) is 8.73. The molecule has 0 aliphatic heterocycles. The third-order valence-electron chi connectivity index (χ3n) is 6.42. The molecule has 0 saturated carbocycles. The number of hydrogen-bond acceptors (Lipinski definition) is 2. The van der Waals surface area contributed by atoms with Gasteiger partial charge in [-0.25, -0.2) is 0 Å². The Bertz CT molecular complexity index is 297. The maximum Gasteiger partial charge on any atom is -0.00675 e. The fourth-order valence-electron chi connectivity index (χ4n) is 4.04. The first kappa shape index (κ1) is 36.9. The predicted octanol–water partition coefficient (Wildman–Crippen LogP) is 12.6. The van der Waals surface area contributed by atoms with Crippen molar-refractivity contribution in [2.75, 3.05) is 23.0 Å². The van der Waals surface area contributed by atoms with E-state index in [2.05, 4.69) is 65.1 Å². The number of hydrogen-bond donors (Lipinski definition) is 0. The van der Waals surface area contributed by atoms with Gasteiger partial charge in [0.15, 0.2) is 0 Å². The summed E-state index contributed by atoms with van der Waals surface area (Å²) in [5.74, 6) is 7.37. The Labute approximate surface area is 227 Å². The molecule has 0 aliphatic rings. The average molecular weight is 517 g/mol. The summed E-state index contributed by atoms with van der Waals surface area (Å²) < 4.78 is 0. The molecule has 0 rings (SSSR count). The molecule has 0 amide bonds. The molecular weight excluding hydrogens is 448 g/mol. The molecular formula is C32H68S2. The SMILES string of the molecule is CC(C)CCCCCSCCCCCC(C)C.CCCCCCCCSCCCCCCCC. The average Bonchev–Trinajstić information content (AvgIpc) is 2.80. The van der Waals surface area contributed by atoms with E-state index >= 15 is 0 Å². The molecule has 0 aromatic rings. The summed E-state index contributed by atoms with van der Waals surface area (Å²) in [6.07, 6.45) is 28.7. The first-order valence-corrected chi connectivity index (χ1v) is 18.0. The molecule has 0 atom stereocenters. The lowest BCUT2D eigenvalue weighted by Gasteiger charge is -2.05. The van der Waals surface area contributed by atoms with Gasteiger partial charge in [0.25, 0.3) is 0 Å². The van der Waals surface area contributed by atoms with Gasteiger partial charge in [-0.3, -0.25) is 0 Å². The molecule has 0 radical (unpaired) electrons. The Balaban J connectivity index is 0. The smallest absolute Gasteiger partial charge is 0.00675 e. The summed E-state index contributed by atoms with van der Waals surface area (Å²) >= 11 is 4.35. The lowest BCUT2D eigenvalue weighted by molar-refractivity contribution is 0.534. The number of unbranched alkanes of at least 4 members (excludes halogenated alkanes) is 14. The van der Waals surface area contributed by atoms with Crippen LogP contribution in [0.25, 0.3) is 0 Å². The predicted molar refractivity (Wildman–Crippen MR) is 168 cm³/mol. The third kappa shape index (κ3) is 39.9. The molecule has 0 unspecified atom stereocenters. The van der Waals surface area contributed by atoms with Crippen molar-refractivity contribution in [2.24, 2.45) is 11.8 Å². The van der Waals surface area contributed by atoms with E-state index in [0.29, 0.717) is 0 Å². The highest BCUT2D eigenvalue weighted by atomic mass is 32.2. The summed E-state index contributed by atoms with van der Waals surface area (Å²) in [6, 6.07) is 0. The van der Waals surface area contributed by atoms with Gasteiger partial charge in [0.1, 0.15) is 0 Å². The Morgan fingerprint density at radius 1 is 0.353 bits per heavy atom.